The van der Waals surface area contributed by atoms with E-state index in [1.807, 2.05) is 0 Å². The highest BCUT2D eigenvalue weighted by atomic mass is 79.9. The first kappa shape index (κ1) is 16.5. The number of hydrogen-bond donors (Lipinski definition) is 1. The van der Waals surface area contributed by atoms with Crippen molar-refractivity contribution in [2.45, 2.75) is 35.4 Å². The number of alkyl halides is 1. The Hall–Kier alpha value is -0.880. The maximum Gasteiger partial charge on any atom is 0.251 e. The summed E-state index contributed by atoms with van der Waals surface area (Å²) in [6.45, 7) is 0.654. The summed E-state index contributed by atoms with van der Waals surface area (Å²) in [6, 6.07) is 6.17. The average molecular weight is 374 g/mol. The van der Waals surface area contributed by atoms with Gasteiger partial charge in [0.1, 0.15) is 0 Å². The molecule has 0 spiro atoms. The van der Waals surface area contributed by atoms with E-state index >= 15 is 0 Å². The molecule has 21 heavy (non-hydrogen) atoms. The standard InChI is InChI=1S/C15H20BrNO3S/c1-21(19,20)14-4-2-3-12(9-14)15(18)17-10-11-5-7-13(16)8-6-11/h2-4,9,11,13H,5-8,10H2,1H3,(H,17,18). The second kappa shape index (κ2) is 6.92. The third-order valence-electron chi connectivity index (χ3n) is 3.85. The molecule has 0 radical (unpaired) electrons. The van der Waals surface area contributed by atoms with Crippen molar-refractivity contribution in [3.05, 3.63) is 29.8 Å². The van der Waals surface area contributed by atoms with Gasteiger partial charge in [-0.25, -0.2) is 8.42 Å². The Balaban J connectivity index is 1.95. The summed E-state index contributed by atoms with van der Waals surface area (Å²) < 4.78 is 23.0. The largest absolute Gasteiger partial charge is 0.352 e. The molecule has 0 heterocycles. The maximum absolute atomic E-state index is 12.1. The maximum atomic E-state index is 12.1. The molecule has 1 saturated carbocycles. The fourth-order valence-electron chi connectivity index (χ4n) is 2.53. The lowest BCUT2D eigenvalue weighted by atomic mass is 9.89. The predicted molar refractivity (Wildman–Crippen MR) is 86.6 cm³/mol. The Morgan fingerprint density at radius 1 is 1.29 bits per heavy atom. The molecule has 1 N–H and O–H groups in total. The van der Waals surface area contributed by atoms with Crippen molar-refractivity contribution in [2.24, 2.45) is 5.92 Å². The van der Waals surface area contributed by atoms with Crippen LogP contribution in [-0.4, -0.2) is 32.0 Å². The number of benzene rings is 1. The van der Waals surface area contributed by atoms with Gasteiger partial charge in [0.05, 0.1) is 4.90 Å². The second-order valence-electron chi connectivity index (χ2n) is 5.63. The molecule has 0 atom stereocenters. The van der Waals surface area contributed by atoms with Crippen molar-refractivity contribution in [1.82, 2.24) is 5.32 Å². The van der Waals surface area contributed by atoms with Gasteiger partial charge in [0.2, 0.25) is 0 Å². The second-order valence-corrected chi connectivity index (χ2v) is 8.94. The summed E-state index contributed by atoms with van der Waals surface area (Å²) >= 11 is 3.61. The van der Waals surface area contributed by atoms with Crippen LogP contribution in [0.1, 0.15) is 36.0 Å². The van der Waals surface area contributed by atoms with Crippen LogP contribution in [0.4, 0.5) is 0 Å². The topological polar surface area (TPSA) is 63.2 Å². The van der Waals surface area contributed by atoms with Gasteiger partial charge in [-0.15, -0.1) is 0 Å². The van der Waals surface area contributed by atoms with E-state index in [0.717, 1.165) is 31.9 Å². The van der Waals surface area contributed by atoms with Gasteiger partial charge in [-0.1, -0.05) is 22.0 Å². The lowest BCUT2D eigenvalue weighted by Crippen LogP contribution is -2.31. The van der Waals surface area contributed by atoms with Crippen LogP contribution in [0.3, 0.4) is 0 Å². The van der Waals surface area contributed by atoms with E-state index in [-0.39, 0.29) is 10.8 Å². The molecule has 116 valence electrons. The highest BCUT2D eigenvalue weighted by Gasteiger charge is 2.20. The van der Waals surface area contributed by atoms with Crippen LogP contribution in [0, 0.1) is 5.92 Å². The minimum Gasteiger partial charge on any atom is -0.352 e. The summed E-state index contributed by atoms with van der Waals surface area (Å²) in [6.07, 6.45) is 5.65. The Kier molecular flexibility index (Phi) is 5.43. The van der Waals surface area contributed by atoms with Gasteiger partial charge in [-0.3, -0.25) is 4.79 Å². The lowest BCUT2D eigenvalue weighted by Gasteiger charge is -2.25. The molecule has 1 aromatic rings. The Morgan fingerprint density at radius 3 is 2.57 bits per heavy atom. The molecule has 0 saturated heterocycles. The number of amides is 1. The van der Waals surface area contributed by atoms with Crippen LogP contribution < -0.4 is 5.32 Å². The quantitative estimate of drug-likeness (QED) is 0.825. The summed E-state index contributed by atoms with van der Waals surface area (Å²) in [5.41, 5.74) is 0.395. The van der Waals surface area contributed by atoms with E-state index in [9.17, 15) is 13.2 Å². The number of sulfone groups is 1. The van der Waals surface area contributed by atoms with Gasteiger partial charge in [-0.2, -0.15) is 0 Å². The molecule has 6 heteroatoms. The van der Waals surface area contributed by atoms with Gasteiger partial charge >= 0.3 is 0 Å². The van der Waals surface area contributed by atoms with Crippen molar-refractivity contribution in [1.29, 1.82) is 0 Å². The number of carbonyl (C=O) groups is 1. The monoisotopic (exact) mass is 373 g/mol. The third-order valence-corrected chi connectivity index (χ3v) is 5.88. The Labute approximate surface area is 134 Å². The van der Waals surface area contributed by atoms with Gasteiger partial charge < -0.3 is 5.32 Å². The fourth-order valence-corrected chi connectivity index (χ4v) is 3.73. The van der Waals surface area contributed by atoms with Crippen LogP contribution >= 0.6 is 15.9 Å². The summed E-state index contributed by atoms with van der Waals surface area (Å²) in [7, 11) is -3.29. The number of rotatable bonds is 4. The number of nitrogens with one attached hydrogen (secondary N) is 1. The molecule has 0 aliphatic heterocycles. The average Bonchev–Trinajstić information content (AvgIpc) is 2.45. The molecule has 1 aliphatic rings. The highest BCUT2D eigenvalue weighted by molar-refractivity contribution is 9.09. The van der Waals surface area contributed by atoms with E-state index in [1.54, 1.807) is 12.1 Å². The minimum absolute atomic E-state index is 0.176. The van der Waals surface area contributed by atoms with E-state index < -0.39 is 9.84 Å². The van der Waals surface area contributed by atoms with Gasteiger partial charge in [-0.05, 0) is 49.8 Å². The van der Waals surface area contributed by atoms with Crippen molar-refractivity contribution >= 4 is 31.7 Å². The molecule has 0 aromatic heterocycles. The van der Waals surface area contributed by atoms with Crippen molar-refractivity contribution in [3.63, 3.8) is 0 Å². The zero-order valence-corrected chi connectivity index (χ0v) is 14.4. The summed E-state index contributed by atoms with van der Waals surface area (Å²) in [4.78, 5) is 12.9. The van der Waals surface area contributed by atoms with Gasteiger partial charge in [0.15, 0.2) is 9.84 Å². The van der Waals surface area contributed by atoms with E-state index in [4.69, 9.17) is 0 Å². The van der Waals surface area contributed by atoms with Gasteiger partial charge in [0, 0.05) is 23.2 Å². The smallest absolute Gasteiger partial charge is 0.251 e. The molecule has 1 amide bonds. The van der Waals surface area contributed by atoms with E-state index in [1.165, 1.54) is 12.1 Å². The lowest BCUT2D eigenvalue weighted by molar-refractivity contribution is 0.0943. The summed E-state index contributed by atoms with van der Waals surface area (Å²) in [5, 5.41) is 2.91. The first-order valence-electron chi connectivity index (χ1n) is 7.08. The number of carbonyl (C=O) groups excluding carboxylic acids is 1. The van der Waals surface area contributed by atoms with Gasteiger partial charge in [0.25, 0.3) is 5.91 Å². The van der Waals surface area contributed by atoms with E-state index in [2.05, 4.69) is 21.2 Å². The number of hydrogen-bond acceptors (Lipinski definition) is 3. The predicted octanol–water partition coefficient (Wildman–Crippen LogP) is 2.77. The first-order valence-corrected chi connectivity index (χ1v) is 9.89. The molecule has 0 unspecified atom stereocenters. The molecular formula is C15H20BrNO3S. The van der Waals surface area contributed by atoms with Crippen molar-refractivity contribution < 1.29 is 13.2 Å². The minimum atomic E-state index is -3.29. The van der Waals surface area contributed by atoms with E-state index in [0.29, 0.717) is 22.9 Å². The van der Waals surface area contributed by atoms with Crippen LogP contribution in [0.25, 0.3) is 0 Å². The van der Waals surface area contributed by atoms with Crippen LogP contribution in [0.5, 0.6) is 0 Å². The van der Waals surface area contributed by atoms with Crippen LogP contribution in [0.2, 0.25) is 0 Å². The molecule has 1 fully saturated rings. The summed E-state index contributed by atoms with van der Waals surface area (Å²) in [5.74, 6) is 0.308. The first-order chi connectivity index (χ1) is 9.86. The molecule has 2 rings (SSSR count). The van der Waals surface area contributed by atoms with Crippen molar-refractivity contribution in [3.8, 4) is 0 Å². The zero-order valence-electron chi connectivity index (χ0n) is 12.0. The Morgan fingerprint density at radius 2 is 1.95 bits per heavy atom. The normalized spacial score (nSPS) is 22.8. The van der Waals surface area contributed by atoms with Crippen LogP contribution in [-0.2, 0) is 9.84 Å². The highest BCUT2D eigenvalue weighted by Crippen LogP contribution is 2.28. The molecule has 0 bridgehead atoms. The fraction of sp³-hybridized carbons (Fsp3) is 0.533. The molecular weight excluding hydrogens is 354 g/mol. The molecule has 1 aliphatic carbocycles. The number of halogens is 1. The van der Waals surface area contributed by atoms with Crippen molar-refractivity contribution in [2.75, 3.05) is 12.8 Å². The Bertz CT molecular complexity index is 607. The van der Waals surface area contributed by atoms with Crippen LogP contribution in [0.15, 0.2) is 29.2 Å². The third kappa shape index (κ3) is 4.81. The molecule has 1 aromatic carbocycles. The zero-order chi connectivity index (χ0) is 15.5. The molecule has 4 nitrogen and oxygen atoms in total. The SMILES string of the molecule is CS(=O)(=O)c1cccc(C(=O)NCC2CCC(Br)CC2)c1.